The van der Waals surface area contributed by atoms with Crippen LogP contribution in [0.3, 0.4) is 0 Å². The second-order valence-electron chi connectivity index (χ2n) is 3.61. The predicted molar refractivity (Wildman–Crippen MR) is 71.9 cm³/mol. The van der Waals surface area contributed by atoms with Gasteiger partial charge in [-0.1, -0.05) is 45.4 Å². The van der Waals surface area contributed by atoms with E-state index in [1.165, 1.54) is 12.1 Å². The summed E-state index contributed by atoms with van der Waals surface area (Å²) in [6.07, 6.45) is 2.77. The molecule has 0 spiro atoms. The lowest BCUT2D eigenvalue weighted by Crippen LogP contribution is -1.88. The number of nitrogens with zero attached hydrogens (tertiary/aromatic N) is 1. The van der Waals surface area contributed by atoms with Crippen molar-refractivity contribution in [1.29, 1.82) is 0 Å². The molecule has 0 saturated heterocycles. The summed E-state index contributed by atoms with van der Waals surface area (Å²) in [4.78, 5) is 5.08. The average Bonchev–Trinajstić information content (AvgIpc) is 2.37. The number of rotatable bonds is 4. The fourth-order valence-corrected chi connectivity index (χ4v) is 1.73. The van der Waals surface area contributed by atoms with Crippen LogP contribution in [0.25, 0.3) is 0 Å². The van der Waals surface area contributed by atoms with Gasteiger partial charge < -0.3 is 4.84 Å². The van der Waals surface area contributed by atoms with Crippen LogP contribution in [-0.4, -0.2) is 6.21 Å². The van der Waals surface area contributed by atoms with Crippen LogP contribution in [-0.2, 0) is 11.4 Å². The van der Waals surface area contributed by atoms with E-state index in [9.17, 15) is 4.39 Å². The van der Waals surface area contributed by atoms with Gasteiger partial charge in [-0.15, -0.1) is 0 Å². The topological polar surface area (TPSA) is 21.6 Å². The Bertz CT molecular complexity index is 540. The minimum atomic E-state index is -0.261. The standard InChI is InChI=1S/C14H10BrFNO/c15-13-3-1-2-12(8-13)9-17-18-10-11-4-6-14(16)7-5-11/h1-8H,10H2. The summed E-state index contributed by atoms with van der Waals surface area (Å²) in [5, 5.41) is 3.74. The molecule has 0 fully saturated rings. The molecule has 2 aromatic carbocycles. The molecule has 2 rings (SSSR count). The zero-order chi connectivity index (χ0) is 12.8. The van der Waals surface area contributed by atoms with Crippen LogP contribution in [0.1, 0.15) is 11.1 Å². The first kappa shape index (κ1) is 12.8. The van der Waals surface area contributed by atoms with Gasteiger partial charge in [0.25, 0.3) is 0 Å². The monoisotopic (exact) mass is 306 g/mol. The average molecular weight is 307 g/mol. The molecule has 0 aromatic heterocycles. The smallest absolute Gasteiger partial charge is 0.142 e. The van der Waals surface area contributed by atoms with Gasteiger partial charge in [0.15, 0.2) is 0 Å². The maximum Gasteiger partial charge on any atom is 0.142 e. The Hall–Kier alpha value is -1.68. The quantitative estimate of drug-likeness (QED) is 0.617. The molecule has 0 aliphatic heterocycles. The van der Waals surface area contributed by atoms with Crippen molar-refractivity contribution in [3.8, 4) is 0 Å². The summed E-state index contributed by atoms with van der Waals surface area (Å²) in [5.41, 5.74) is 1.68. The van der Waals surface area contributed by atoms with Crippen molar-refractivity contribution >= 4 is 22.1 Å². The minimum Gasteiger partial charge on any atom is -0.390 e. The molecular formula is C14H10BrFNO. The van der Waals surface area contributed by atoms with Gasteiger partial charge in [-0.05, 0) is 29.8 Å². The molecule has 2 nitrogen and oxygen atoms in total. The van der Waals surface area contributed by atoms with E-state index in [1.54, 1.807) is 12.1 Å². The van der Waals surface area contributed by atoms with E-state index in [4.69, 9.17) is 4.84 Å². The summed E-state index contributed by atoms with van der Waals surface area (Å²) < 4.78 is 13.6. The fourth-order valence-electron chi connectivity index (χ4n) is 1.33. The van der Waals surface area contributed by atoms with E-state index < -0.39 is 0 Å². The Morgan fingerprint density at radius 1 is 1.17 bits per heavy atom. The molecule has 0 unspecified atom stereocenters. The van der Waals surface area contributed by atoms with Gasteiger partial charge in [0.2, 0.25) is 0 Å². The zero-order valence-corrected chi connectivity index (χ0v) is 11.0. The third kappa shape index (κ3) is 3.96. The maximum atomic E-state index is 12.7. The van der Waals surface area contributed by atoms with E-state index in [1.807, 2.05) is 24.3 Å². The lowest BCUT2D eigenvalue weighted by atomic mass is 10.2. The fraction of sp³-hybridized carbons (Fsp3) is 0.0714. The first-order valence-corrected chi connectivity index (χ1v) is 6.11. The molecular weight excluding hydrogens is 297 g/mol. The maximum absolute atomic E-state index is 12.7. The Morgan fingerprint density at radius 2 is 1.94 bits per heavy atom. The molecule has 4 heteroatoms. The van der Waals surface area contributed by atoms with Gasteiger partial charge in [-0.2, -0.15) is 0 Å². The molecule has 0 bridgehead atoms. The Balaban J connectivity index is 1.87. The molecule has 1 radical (unpaired) electrons. The predicted octanol–water partition coefficient (Wildman–Crippen LogP) is 4.02. The number of halogens is 2. The summed E-state index contributed by atoms with van der Waals surface area (Å²) in [7, 11) is 0. The van der Waals surface area contributed by atoms with Gasteiger partial charge in [0.05, 0.1) is 0 Å². The van der Waals surface area contributed by atoms with E-state index in [2.05, 4.69) is 27.3 Å². The van der Waals surface area contributed by atoms with Crippen LogP contribution in [0.5, 0.6) is 0 Å². The van der Waals surface area contributed by atoms with E-state index in [-0.39, 0.29) is 5.82 Å². The second-order valence-corrected chi connectivity index (χ2v) is 4.53. The lowest BCUT2D eigenvalue weighted by Gasteiger charge is -1.99. The van der Waals surface area contributed by atoms with Gasteiger partial charge in [0, 0.05) is 10.0 Å². The normalized spacial score (nSPS) is 10.8. The molecule has 18 heavy (non-hydrogen) atoms. The molecule has 0 atom stereocenters. The molecule has 0 saturated carbocycles. The van der Waals surface area contributed by atoms with Crippen LogP contribution < -0.4 is 0 Å². The zero-order valence-electron chi connectivity index (χ0n) is 9.44. The summed E-state index contributed by atoms with van der Waals surface area (Å²) in [6.45, 7) is 0.293. The van der Waals surface area contributed by atoms with Crippen LogP contribution in [0.4, 0.5) is 4.39 Å². The van der Waals surface area contributed by atoms with Gasteiger partial charge in [-0.3, -0.25) is 0 Å². The van der Waals surface area contributed by atoms with Crippen molar-refractivity contribution in [2.75, 3.05) is 0 Å². The van der Waals surface area contributed by atoms with Crippen LogP contribution in [0.2, 0.25) is 0 Å². The first-order chi connectivity index (χ1) is 8.74. The molecule has 0 aliphatic rings. The number of hydrogen-bond acceptors (Lipinski definition) is 2. The first-order valence-electron chi connectivity index (χ1n) is 5.32. The summed E-state index contributed by atoms with van der Waals surface area (Å²) in [5.74, 6) is -0.261. The minimum absolute atomic E-state index is 0.261. The molecule has 0 heterocycles. The van der Waals surface area contributed by atoms with Crippen molar-refractivity contribution in [3.63, 3.8) is 0 Å². The highest BCUT2D eigenvalue weighted by Crippen LogP contribution is 2.10. The van der Waals surface area contributed by atoms with Crippen molar-refractivity contribution in [1.82, 2.24) is 0 Å². The molecule has 2 aromatic rings. The highest BCUT2D eigenvalue weighted by molar-refractivity contribution is 9.10. The number of hydrogen-bond donors (Lipinski definition) is 0. The van der Waals surface area contributed by atoms with Crippen molar-refractivity contribution in [2.45, 2.75) is 6.61 Å². The molecule has 0 N–H and O–H groups in total. The largest absolute Gasteiger partial charge is 0.390 e. The van der Waals surface area contributed by atoms with E-state index >= 15 is 0 Å². The van der Waals surface area contributed by atoms with Crippen molar-refractivity contribution in [3.05, 3.63) is 69.9 Å². The van der Waals surface area contributed by atoms with Gasteiger partial charge in [0.1, 0.15) is 18.6 Å². The Labute approximate surface area is 113 Å². The van der Waals surface area contributed by atoms with Gasteiger partial charge in [-0.25, -0.2) is 4.39 Å². The highest BCUT2D eigenvalue weighted by Gasteiger charge is 1.94. The molecule has 91 valence electrons. The number of benzene rings is 2. The Morgan fingerprint density at radius 3 is 2.67 bits per heavy atom. The third-order valence-corrected chi connectivity index (χ3v) is 2.70. The third-order valence-electron chi connectivity index (χ3n) is 2.21. The van der Waals surface area contributed by atoms with Crippen LogP contribution >= 0.6 is 15.9 Å². The van der Waals surface area contributed by atoms with Crippen molar-refractivity contribution < 1.29 is 9.23 Å². The highest BCUT2D eigenvalue weighted by atomic mass is 79.9. The SMILES string of the molecule is Fc1ccc(CO/N=[C]\c2cccc(Br)c2)cc1. The van der Waals surface area contributed by atoms with E-state index in [0.717, 1.165) is 15.6 Å². The summed E-state index contributed by atoms with van der Waals surface area (Å²) in [6, 6.07) is 13.7. The Kier molecular flexibility index (Phi) is 4.47. The summed E-state index contributed by atoms with van der Waals surface area (Å²) >= 11 is 3.36. The molecule has 0 aliphatic carbocycles. The van der Waals surface area contributed by atoms with Gasteiger partial charge >= 0.3 is 0 Å². The molecule has 0 amide bonds. The second kappa shape index (κ2) is 6.31. The van der Waals surface area contributed by atoms with E-state index in [0.29, 0.717) is 6.61 Å². The van der Waals surface area contributed by atoms with Crippen molar-refractivity contribution in [2.24, 2.45) is 5.16 Å². The van der Waals surface area contributed by atoms with Crippen LogP contribution in [0.15, 0.2) is 58.2 Å². The lowest BCUT2D eigenvalue weighted by molar-refractivity contribution is 0.132. The van der Waals surface area contributed by atoms with Crippen LogP contribution in [0, 0.1) is 5.82 Å².